The Bertz CT molecular complexity index is 666. The maximum Gasteiger partial charge on any atom is 1.00 e. The van der Waals surface area contributed by atoms with Crippen molar-refractivity contribution in [3.63, 3.8) is 0 Å². The monoisotopic (exact) mass is 364 g/mol. The molecule has 2 aromatic carbocycles. The van der Waals surface area contributed by atoms with Crippen molar-refractivity contribution in [2.24, 2.45) is 0 Å². The third-order valence-electron chi connectivity index (χ3n) is 2.92. The fourth-order valence-corrected chi connectivity index (χ4v) is 5.43. The molecule has 0 spiro atoms. The summed E-state index contributed by atoms with van der Waals surface area (Å²) in [6.07, 6.45) is 0. The van der Waals surface area contributed by atoms with E-state index in [0.717, 1.165) is 11.4 Å². The average Bonchev–Trinajstić information content (AvgIpc) is 2.40. The van der Waals surface area contributed by atoms with Crippen LogP contribution >= 0.6 is 17.1 Å². The van der Waals surface area contributed by atoms with Crippen LogP contribution in [0, 0.1) is 13.8 Å². The molecule has 0 aliphatic heterocycles. The standard InChI is InChI=1S/C14H15O4PS2.Na/c1-9-11(15)5-3-7-13(9)18-19(17,20)21-14-8-4-6-12(16)10(14)2;/h3-8,15-16H,1-2H3,(H,17,20);/q;+1/p-1. The van der Waals surface area contributed by atoms with E-state index in [1.165, 1.54) is 6.07 Å². The summed E-state index contributed by atoms with van der Waals surface area (Å²) in [5, 5.41) is 21.2. The fraction of sp³-hybridized carbons (Fsp3) is 0.143. The fourth-order valence-electron chi connectivity index (χ4n) is 1.66. The number of benzene rings is 2. The van der Waals surface area contributed by atoms with Gasteiger partial charge in [-0.15, -0.1) is 5.75 Å². The van der Waals surface area contributed by atoms with Crippen molar-refractivity contribution in [3.05, 3.63) is 47.5 Å². The van der Waals surface area contributed by atoms with Gasteiger partial charge < -0.3 is 19.6 Å². The Kier molecular flexibility index (Phi) is 7.27. The summed E-state index contributed by atoms with van der Waals surface area (Å²) in [5.41, 5.74) is -2.19. The normalized spacial score (nSPS) is 13.0. The average molecular weight is 364 g/mol. The molecule has 0 aliphatic rings. The first kappa shape index (κ1) is 19.8. The molecule has 0 aliphatic carbocycles. The Morgan fingerprint density at radius 1 is 1.14 bits per heavy atom. The number of phenolic OH excluding ortho intramolecular Hbond substituents is 1. The van der Waals surface area contributed by atoms with E-state index in [2.05, 4.69) is 0 Å². The van der Waals surface area contributed by atoms with E-state index in [9.17, 15) is 15.1 Å². The van der Waals surface area contributed by atoms with Crippen LogP contribution in [-0.2, 0) is 11.8 Å². The second kappa shape index (κ2) is 8.06. The van der Waals surface area contributed by atoms with Gasteiger partial charge in [-0.3, -0.25) is 0 Å². The Morgan fingerprint density at radius 3 is 2.45 bits per heavy atom. The van der Waals surface area contributed by atoms with Crippen LogP contribution in [0.5, 0.6) is 17.2 Å². The SMILES string of the molecule is Cc1c([O-])cccc1OP(O)(=S)Sc1cccc(O)c1C.[Na+]. The minimum Gasteiger partial charge on any atom is -0.872 e. The van der Waals surface area contributed by atoms with E-state index in [1.54, 1.807) is 44.2 Å². The van der Waals surface area contributed by atoms with Gasteiger partial charge in [0.05, 0.1) is 0 Å². The van der Waals surface area contributed by atoms with Crippen molar-refractivity contribution in [1.82, 2.24) is 0 Å². The first-order chi connectivity index (χ1) is 9.80. The summed E-state index contributed by atoms with van der Waals surface area (Å²) < 4.78 is 5.48. The quantitative estimate of drug-likeness (QED) is 0.607. The molecule has 2 N–H and O–H groups in total. The third kappa shape index (κ3) is 4.90. The second-order valence-electron chi connectivity index (χ2n) is 4.43. The van der Waals surface area contributed by atoms with Gasteiger partial charge in [0.25, 0.3) is 5.69 Å². The minimum atomic E-state index is -3.23. The van der Waals surface area contributed by atoms with E-state index in [4.69, 9.17) is 16.3 Å². The van der Waals surface area contributed by atoms with Crippen molar-refractivity contribution >= 4 is 28.9 Å². The summed E-state index contributed by atoms with van der Waals surface area (Å²) in [5.74, 6) is 0.257. The molecule has 2 rings (SSSR count). The molecule has 1 unspecified atom stereocenters. The molecule has 0 bridgehead atoms. The Labute approximate surface area is 160 Å². The van der Waals surface area contributed by atoms with Crippen LogP contribution in [0.15, 0.2) is 41.3 Å². The molecule has 8 heteroatoms. The summed E-state index contributed by atoms with van der Waals surface area (Å²) in [6, 6.07) is 9.57. The minimum absolute atomic E-state index is 0. The molecule has 0 radical (unpaired) electrons. The predicted molar refractivity (Wildman–Crippen MR) is 86.5 cm³/mol. The zero-order valence-corrected chi connectivity index (χ0v) is 17.0. The molecule has 112 valence electrons. The zero-order chi connectivity index (χ0) is 15.6. The molecule has 0 amide bonds. The molecule has 1 atom stereocenters. The van der Waals surface area contributed by atoms with Crippen LogP contribution in [0.2, 0.25) is 0 Å². The maximum atomic E-state index is 11.6. The topological polar surface area (TPSA) is 72.8 Å². The molecule has 0 saturated heterocycles. The van der Waals surface area contributed by atoms with Crippen molar-refractivity contribution in [3.8, 4) is 17.2 Å². The van der Waals surface area contributed by atoms with Crippen molar-refractivity contribution in [1.29, 1.82) is 0 Å². The van der Waals surface area contributed by atoms with Gasteiger partial charge in [0, 0.05) is 10.5 Å². The summed E-state index contributed by atoms with van der Waals surface area (Å²) in [4.78, 5) is 11.0. The number of aromatic hydroxyl groups is 1. The smallest absolute Gasteiger partial charge is 0.872 e. The predicted octanol–water partition coefficient (Wildman–Crippen LogP) is 0.475. The third-order valence-corrected chi connectivity index (χ3v) is 6.61. The van der Waals surface area contributed by atoms with Gasteiger partial charge in [-0.1, -0.05) is 18.2 Å². The van der Waals surface area contributed by atoms with Crippen LogP contribution in [0.25, 0.3) is 0 Å². The van der Waals surface area contributed by atoms with E-state index < -0.39 is 5.69 Å². The van der Waals surface area contributed by atoms with Gasteiger partial charge >= 0.3 is 29.6 Å². The molecule has 0 fully saturated rings. The van der Waals surface area contributed by atoms with E-state index in [1.807, 2.05) is 0 Å². The van der Waals surface area contributed by atoms with Crippen LogP contribution in [0.3, 0.4) is 0 Å². The van der Waals surface area contributed by atoms with Gasteiger partial charge in [-0.05, 0) is 60.8 Å². The van der Waals surface area contributed by atoms with Crippen LogP contribution in [0.1, 0.15) is 11.1 Å². The molecule has 0 aromatic heterocycles. The van der Waals surface area contributed by atoms with E-state index >= 15 is 0 Å². The number of hydrogen-bond donors (Lipinski definition) is 2. The number of hydrogen-bond acceptors (Lipinski definition) is 5. The number of phenols is 1. The maximum absolute atomic E-state index is 11.6. The summed E-state index contributed by atoms with van der Waals surface area (Å²) >= 11 is 6.13. The van der Waals surface area contributed by atoms with Gasteiger partial charge in [-0.25, -0.2) is 0 Å². The van der Waals surface area contributed by atoms with Gasteiger partial charge in [0.15, 0.2) is 0 Å². The van der Waals surface area contributed by atoms with Gasteiger partial charge in [0.2, 0.25) is 0 Å². The Morgan fingerprint density at radius 2 is 1.77 bits per heavy atom. The van der Waals surface area contributed by atoms with E-state index in [-0.39, 0.29) is 41.1 Å². The largest absolute Gasteiger partial charge is 1.00 e. The van der Waals surface area contributed by atoms with E-state index in [0.29, 0.717) is 21.8 Å². The molecular weight excluding hydrogens is 350 g/mol. The first-order valence-corrected chi connectivity index (χ1v) is 10.2. The molecule has 0 heterocycles. The molecule has 0 saturated carbocycles. The molecular formula is C14H14NaO4PS2. The van der Waals surface area contributed by atoms with Crippen molar-refractivity contribution in [2.75, 3.05) is 0 Å². The zero-order valence-electron chi connectivity index (χ0n) is 12.4. The van der Waals surface area contributed by atoms with Gasteiger partial charge in [-0.2, -0.15) is 0 Å². The summed E-state index contributed by atoms with van der Waals surface area (Å²) in [6.45, 7) is 3.35. The number of rotatable bonds is 4. The van der Waals surface area contributed by atoms with Crippen LogP contribution in [-0.4, -0.2) is 10.00 Å². The first-order valence-electron chi connectivity index (χ1n) is 6.07. The van der Waals surface area contributed by atoms with Gasteiger partial charge in [0.1, 0.15) is 11.5 Å². The Hall–Kier alpha value is -0.200. The van der Waals surface area contributed by atoms with Crippen molar-refractivity contribution < 1.29 is 49.2 Å². The van der Waals surface area contributed by atoms with Crippen molar-refractivity contribution in [2.45, 2.75) is 18.7 Å². The molecule has 2 aromatic rings. The molecule has 22 heavy (non-hydrogen) atoms. The summed E-state index contributed by atoms with van der Waals surface area (Å²) in [7, 11) is 0. The second-order valence-corrected chi connectivity index (χ2v) is 10.4. The van der Waals surface area contributed by atoms with Crippen LogP contribution in [0.4, 0.5) is 0 Å². The Balaban J connectivity index is 0.00000242. The molecule has 4 nitrogen and oxygen atoms in total. The van der Waals surface area contributed by atoms with Crippen LogP contribution < -0.4 is 39.2 Å².